The normalized spacial score (nSPS) is 17.9. The lowest BCUT2D eigenvalue weighted by Crippen LogP contribution is -2.50. The van der Waals surface area contributed by atoms with Gasteiger partial charge in [0.15, 0.2) is 11.6 Å². The minimum Gasteiger partial charge on any atom is -0.384 e. The maximum atomic E-state index is 12.2. The monoisotopic (exact) mass is 532 g/mol. The van der Waals surface area contributed by atoms with E-state index in [1.807, 2.05) is 24.4 Å². The first kappa shape index (κ1) is 25.1. The predicted molar refractivity (Wildman–Crippen MR) is 149 cm³/mol. The summed E-state index contributed by atoms with van der Waals surface area (Å²) in [4.78, 5) is 34.7. The van der Waals surface area contributed by atoms with Crippen LogP contribution in [0.25, 0.3) is 32.5 Å². The number of fused-ring (bicyclic) bond motifs is 2. The number of carbonyl (C=O) groups excluding carboxylic acids is 1. The highest BCUT2D eigenvalue weighted by Crippen LogP contribution is 2.38. The highest BCUT2D eigenvalue weighted by molar-refractivity contribution is 7.19. The molecule has 0 bridgehead atoms. The summed E-state index contributed by atoms with van der Waals surface area (Å²) in [7, 11) is 0. The van der Waals surface area contributed by atoms with Gasteiger partial charge >= 0.3 is 0 Å². The van der Waals surface area contributed by atoms with Crippen molar-refractivity contribution in [2.45, 2.75) is 26.5 Å². The second-order valence-electron chi connectivity index (χ2n) is 9.99. The van der Waals surface area contributed by atoms with Crippen LogP contribution in [0.2, 0.25) is 0 Å². The number of pyridine rings is 1. The van der Waals surface area contributed by atoms with Gasteiger partial charge in [-0.15, -0.1) is 11.3 Å². The molecule has 2 saturated heterocycles. The summed E-state index contributed by atoms with van der Waals surface area (Å²) in [5.74, 6) is 1.46. The number of morpholine rings is 1. The molecule has 0 spiro atoms. The number of amides is 1. The number of aryl methyl sites for hydroxylation is 1. The van der Waals surface area contributed by atoms with Crippen molar-refractivity contribution in [1.82, 2.24) is 24.8 Å². The lowest BCUT2D eigenvalue weighted by molar-refractivity contribution is -0.141. The lowest BCUT2D eigenvalue weighted by atomic mass is 10.1. The molecule has 1 atom stereocenters. The first-order chi connectivity index (χ1) is 18.5. The minimum absolute atomic E-state index is 0.191. The summed E-state index contributed by atoms with van der Waals surface area (Å²) >= 11 is 1.77. The van der Waals surface area contributed by atoms with E-state index in [1.165, 1.54) is 17.4 Å². The van der Waals surface area contributed by atoms with Gasteiger partial charge in [0, 0.05) is 67.8 Å². The molecule has 2 aliphatic rings. The Morgan fingerprint density at radius 2 is 1.87 bits per heavy atom. The summed E-state index contributed by atoms with van der Waals surface area (Å²) in [5, 5.41) is 10.7. The zero-order valence-electron chi connectivity index (χ0n) is 21.8. The molecule has 3 aromatic heterocycles. The molecule has 1 aromatic carbocycles. The molecule has 1 N–H and O–H groups in total. The number of piperazine rings is 1. The van der Waals surface area contributed by atoms with Crippen molar-refractivity contribution in [1.29, 1.82) is 0 Å². The molecule has 0 unspecified atom stereocenters. The van der Waals surface area contributed by atoms with Crippen LogP contribution in [0.5, 0.6) is 0 Å². The Balaban J connectivity index is 1.34. The van der Waals surface area contributed by atoms with Crippen LogP contribution in [0, 0.1) is 6.92 Å². The average Bonchev–Trinajstić information content (AvgIpc) is 3.27. The molecule has 1 amide bonds. The van der Waals surface area contributed by atoms with Gasteiger partial charge < -0.3 is 19.6 Å². The molecular weight excluding hydrogens is 500 g/mol. The molecule has 10 heteroatoms. The summed E-state index contributed by atoms with van der Waals surface area (Å²) < 4.78 is 6.73. The second kappa shape index (κ2) is 10.5. The molecule has 9 nitrogen and oxygen atoms in total. The molecular formula is C28H32N6O3S. The fourth-order valence-corrected chi connectivity index (χ4v) is 6.48. The van der Waals surface area contributed by atoms with Crippen LogP contribution < -0.4 is 4.90 Å². The van der Waals surface area contributed by atoms with Crippen molar-refractivity contribution in [2.24, 2.45) is 0 Å². The van der Waals surface area contributed by atoms with Crippen LogP contribution in [0.15, 0.2) is 36.5 Å². The van der Waals surface area contributed by atoms with Gasteiger partial charge in [-0.3, -0.25) is 14.7 Å². The van der Waals surface area contributed by atoms with Crippen LogP contribution in [0.1, 0.15) is 17.4 Å². The number of benzene rings is 1. The maximum absolute atomic E-state index is 12.2. The number of hydrogen-bond acceptors (Lipinski definition) is 9. The topological polar surface area (TPSA) is 94.9 Å². The third kappa shape index (κ3) is 4.84. The minimum atomic E-state index is -0.949. The quantitative estimate of drug-likeness (QED) is 0.419. The number of ether oxygens (including phenoxy) is 1. The van der Waals surface area contributed by atoms with Crippen molar-refractivity contribution < 1.29 is 14.6 Å². The number of rotatable bonds is 5. The van der Waals surface area contributed by atoms with Crippen LogP contribution in [-0.4, -0.2) is 94.4 Å². The van der Waals surface area contributed by atoms with Crippen LogP contribution in [0.3, 0.4) is 0 Å². The second-order valence-corrected chi connectivity index (χ2v) is 11.1. The Labute approximate surface area is 225 Å². The third-order valence-corrected chi connectivity index (χ3v) is 8.68. The number of carbonyl (C=O) groups is 1. The summed E-state index contributed by atoms with van der Waals surface area (Å²) in [6.07, 6.45) is 0.916. The highest BCUT2D eigenvalue weighted by atomic mass is 32.1. The van der Waals surface area contributed by atoms with Crippen molar-refractivity contribution in [3.8, 4) is 11.4 Å². The van der Waals surface area contributed by atoms with E-state index in [0.29, 0.717) is 32.1 Å². The van der Waals surface area contributed by atoms with Gasteiger partial charge in [-0.2, -0.15) is 0 Å². The molecule has 38 heavy (non-hydrogen) atoms. The fourth-order valence-electron chi connectivity index (χ4n) is 5.18. The molecule has 0 radical (unpaired) electrons. The van der Waals surface area contributed by atoms with E-state index in [1.54, 1.807) is 16.2 Å². The van der Waals surface area contributed by atoms with Crippen molar-refractivity contribution in [3.63, 3.8) is 0 Å². The number of aliphatic hydroxyl groups excluding tert-OH is 1. The number of anilines is 1. The smallest absolute Gasteiger partial charge is 0.251 e. The fraction of sp³-hybridized carbons (Fsp3) is 0.429. The van der Waals surface area contributed by atoms with E-state index in [9.17, 15) is 9.90 Å². The van der Waals surface area contributed by atoms with E-state index >= 15 is 0 Å². The number of hydrogen-bond donors (Lipinski definition) is 1. The molecule has 0 saturated carbocycles. The van der Waals surface area contributed by atoms with E-state index in [-0.39, 0.29) is 5.91 Å². The van der Waals surface area contributed by atoms with E-state index in [0.717, 1.165) is 65.2 Å². The van der Waals surface area contributed by atoms with Crippen molar-refractivity contribution in [3.05, 3.63) is 47.0 Å². The molecule has 6 rings (SSSR count). The molecule has 5 heterocycles. The maximum Gasteiger partial charge on any atom is 0.251 e. The number of para-hydroxylation sites is 1. The Hall–Kier alpha value is -3.18. The first-order valence-electron chi connectivity index (χ1n) is 13.1. The zero-order valence-corrected chi connectivity index (χ0v) is 22.6. The van der Waals surface area contributed by atoms with Gasteiger partial charge in [-0.05, 0) is 31.5 Å². The van der Waals surface area contributed by atoms with Crippen LogP contribution in [0.4, 0.5) is 5.82 Å². The zero-order chi connectivity index (χ0) is 26.2. The number of thiophene rings is 1. The highest BCUT2D eigenvalue weighted by Gasteiger charge is 2.26. The summed E-state index contributed by atoms with van der Waals surface area (Å²) in [6, 6.07) is 10.2. The van der Waals surface area contributed by atoms with E-state index < -0.39 is 6.10 Å². The van der Waals surface area contributed by atoms with Crippen molar-refractivity contribution in [2.75, 3.05) is 57.4 Å². The number of aromatic nitrogens is 3. The SMILES string of the molecule is Cc1c(CN2CCN(C(=O)[C@H](C)O)CC2)sc2c(N3CCOCC3)nc(-c3cnc4ccccc4c3)nc12. The summed E-state index contributed by atoms with van der Waals surface area (Å²) in [6.45, 7) is 10.3. The standard InChI is InChI=1S/C28H32N6O3S/c1-18-23(17-32-7-9-34(10-8-32)28(36)19(2)35)38-25-24(18)30-26(31-27(25)33-11-13-37-14-12-33)21-15-20-5-3-4-6-22(20)29-16-21/h3-6,15-16,19,35H,7-14,17H2,1-2H3/t19-/m0/s1. The van der Waals surface area contributed by atoms with Gasteiger partial charge in [0.05, 0.1) is 28.9 Å². The predicted octanol–water partition coefficient (Wildman–Crippen LogP) is 3.08. The molecule has 198 valence electrons. The summed E-state index contributed by atoms with van der Waals surface area (Å²) in [5.41, 5.74) is 4.04. The largest absolute Gasteiger partial charge is 0.384 e. The molecule has 2 fully saturated rings. The van der Waals surface area contributed by atoms with Crippen LogP contribution in [-0.2, 0) is 16.1 Å². The average molecular weight is 533 g/mol. The Morgan fingerprint density at radius 1 is 1.11 bits per heavy atom. The van der Waals surface area contributed by atoms with Crippen LogP contribution >= 0.6 is 11.3 Å². The first-order valence-corrected chi connectivity index (χ1v) is 14.0. The Bertz CT molecular complexity index is 1470. The van der Waals surface area contributed by atoms with Gasteiger partial charge in [0.2, 0.25) is 0 Å². The number of aliphatic hydroxyl groups is 1. The molecule has 0 aliphatic carbocycles. The number of nitrogens with zero attached hydrogens (tertiary/aromatic N) is 6. The Morgan fingerprint density at radius 3 is 2.63 bits per heavy atom. The van der Waals surface area contributed by atoms with Gasteiger partial charge in [-0.1, -0.05) is 18.2 Å². The lowest BCUT2D eigenvalue weighted by Gasteiger charge is -2.35. The molecule has 4 aromatic rings. The van der Waals surface area contributed by atoms with Gasteiger partial charge in [0.25, 0.3) is 5.91 Å². The van der Waals surface area contributed by atoms with Gasteiger partial charge in [-0.25, -0.2) is 9.97 Å². The van der Waals surface area contributed by atoms with E-state index in [4.69, 9.17) is 14.7 Å². The molecule has 2 aliphatic heterocycles. The third-order valence-electron chi connectivity index (χ3n) is 7.41. The van der Waals surface area contributed by atoms with Gasteiger partial charge in [0.1, 0.15) is 6.10 Å². The van der Waals surface area contributed by atoms with E-state index in [2.05, 4.69) is 33.8 Å². The Kier molecular flexibility index (Phi) is 6.96. The van der Waals surface area contributed by atoms with Crippen molar-refractivity contribution >= 4 is 44.2 Å².